The van der Waals surface area contributed by atoms with Gasteiger partial charge in [-0.1, -0.05) is 35.9 Å². The number of rotatable bonds is 13. The Balaban J connectivity index is 1.53. The third kappa shape index (κ3) is 8.76. The average molecular weight is 617 g/mol. The van der Waals surface area contributed by atoms with Gasteiger partial charge < -0.3 is 25.8 Å². The molecule has 6 N–H and O–H groups in total. The van der Waals surface area contributed by atoms with Gasteiger partial charge in [0.2, 0.25) is 0 Å². The van der Waals surface area contributed by atoms with Crippen LogP contribution in [-0.4, -0.2) is 64.8 Å². The van der Waals surface area contributed by atoms with Crippen LogP contribution in [0.15, 0.2) is 66.7 Å². The van der Waals surface area contributed by atoms with E-state index in [1.807, 2.05) is 49.4 Å². The molecule has 3 aromatic carbocycles. The summed E-state index contributed by atoms with van der Waals surface area (Å²) in [6, 6.07) is 19.7. The number of methoxy groups -OCH3 is 1. The van der Waals surface area contributed by atoms with Gasteiger partial charge in [-0.25, -0.2) is 0 Å². The van der Waals surface area contributed by atoms with Crippen LogP contribution in [0.1, 0.15) is 41.3 Å². The number of aliphatic hydroxyl groups excluding tert-OH is 1. The first-order chi connectivity index (χ1) is 20.2. The van der Waals surface area contributed by atoms with E-state index in [1.54, 1.807) is 35.7 Å². The van der Waals surface area contributed by atoms with Crippen molar-refractivity contribution in [3.05, 3.63) is 88.4 Å². The number of anilines is 2. The fourth-order valence-corrected chi connectivity index (χ4v) is 6.80. The van der Waals surface area contributed by atoms with Crippen molar-refractivity contribution < 1.29 is 23.7 Å². The van der Waals surface area contributed by atoms with E-state index < -0.39 is 22.9 Å². The third-order valence-corrected chi connectivity index (χ3v) is 9.39. The Morgan fingerprint density at radius 1 is 1.07 bits per heavy atom. The lowest BCUT2D eigenvalue weighted by molar-refractivity contribution is 0.0830. The average Bonchev–Trinajstić information content (AvgIpc) is 2.97. The van der Waals surface area contributed by atoms with Gasteiger partial charge in [0.25, 0.3) is 5.91 Å². The number of nitrogens with one attached hydrogen (secondary N) is 3. The lowest BCUT2D eigenvalue weighted by Gasteiger charge is -2.47. The maximum atomic E-state index is 13.7. The highest BCUT2D eigenvalue weighted by Gasteiger charge is 2.28. The Morgan fingerprint density at radius 2 is 1.86 bits per heavy atom. The fourth-order valence-electron chi connectivity index (χ4n) is 5.00. The summed E-state index contributed by atoms with van der Waals surface area (Å²) < 4.78 is 28.3. The fraction of sp³-hybridized carbons (Fsp3) is 0.387. The largest absolute Gasteiger partial charge is 0.497 e. The minimum absolute atomic E-state index is 0.243. The molecule has 4 rings (SSSR count). The summed E-state index contributed by atoms with van der Waals surface area (Å²) in [6.07, 6.45) is 1.06. The zero-order chi connectivity index (χ0) is 30.1. The van der Waals surface area contributed by atoms with E-state index in [1.165, 1.54) is 0 Å². The molecule has 2 atom stereocenters. The highest BCUT2D eigenvalue weighted by Crippen LogP contribution is 2.50. The summed E-state index contributed by atoms with van der Waals surface area (Å²) in [5, 5.41) is 21.4. The maximum absolute atomic E-state index is 13.7. The lowest BCUT2D eigenvalue weighted by atomic mass is 10.00. The molecule has 1 fully saturated rings. The predicted molar refractivity (Wildman–Crippen MR) is 172 cm³/mol. The number of hydrogen-bond donors (Lipinski definition) is 6. The molecule has 228 valence electrons. The molecule has 0 radical (unpaired) electrons. The molecular weight excluding hydrogens is 576 g/mol. The molecule has 1 aliphatic rings. The molecular formula is C31H41ClN4O5S. The van der Waals surface area contributed by atoms with Crippen molar-refractivity contribution in [1.82, 2.24) is 10.6 Å². The maximum Gasteiger partial charge on any atom is 0.251 e. The summed E-state index contributed by atoms with van der Waals surface area (Å²) in [7, 11) is -1.34. The predicted octanol–water partition coefficient (Wildman–Crippen LogP) is 5.54. The molecule has 0 saturated carbocycles. The van der Waals surface area contributed by atoms with Crippen LogP contribution < -0.4 is 25.0 Å². The number of carbonyl (C=O) groups is 1. The van der Waals surface area contributed by atoms with E-state index in [9.17, 15) is 19.0 Å². The number of benzene rings is 3. The van der Waals surface area contributed by atoms with Gasteiger partial charge in [0.05, 0.1) is 30.7 Å². The number of nitrogens with zero attached hydrogens (tertiary/aromatic N) is 1. The zero-order valence-corrected chi connectivity index (χ0v) is 25.6. The van der Waals surface area contributed by atoms with Crippen molar-refractivity contribution in [2.45, 2.75) is 44.9 Å². The van der Waals surface area contributed by atoms with E-state index in [0.717, 1.165) is 29.7 Å². The normalized spacial score (nSPS) is 16.8. The van der Waals surface area contributed by atoms with Gasteiger partial charge in [-0.2, -0.15) is 0 Å². The molecule has 1 amide bonds. The Morgan fingerprint density at radius 3 is 2.57 bits per heavy atom. The molecule has 0 bridgehead atoms. The standard InChI is InChI=1S/C31H41ClN4O5S/c1-3-34-26-17-24(18-27(19-26)36-13-4-5-14-42(36,39)40)31(38)35-29(16-22-9-11-25(32)12-10-22)30(37)21-33-20-23-7-6-8-28(15-23)41-2/h6-12,15,17-19,29-30,33-34,37,39-40H,3-5,13-14,16,20-21H2,1-2H3,(H,35,38). The van der Waals surface area contributed by atoms with E-state index in [0.29, 0.717) is 53.8 Å². The molecule has 3 aromatic rings. The second-order valence-corrected chi connectivity index (χ2v) is 13.0. The van der Waals surface area contributed by atoms with Crippen LogP contribution in [0, 0.1) is 0 Å². The van der Waals surface area contributed by atoms with Crippen molar-refractivity contribution in [2.75, 3.05) is 42.1 Å². The highest BCUT2D eigenvalue weighted by molar-refractivity contribution is 8.25. The number of amides is 1. The van der Waals surface area contributed by atoms with Crippen molar-refractivity contribution in [2.24, 2.45) is 0 Å². The Hall–Kier alpha value is -2.99. The Kier molecular flexibility index (Phi) is 11.4. The Labute approximate surface area is 254 Å². The van der Waals surface area contributed by atoms with Crippen LogP contribution in [0.5, 0.6) is 5.75 Å². The quantitative estimate of drug-likeness (QED) is 0.148. The second-order valence-electron chi connectivity index (χ2n) is 10.4. The van der Waals surface area contributed by atoms with Crippen molar-refractivity contribution >= 4 is 39.7 Å². The summed E-state index contributed by atoms with van der Waals surface area (Å²) in [5.74, 6) is 0.695. The third-order valence-electron chi connectivity index (χ3n) is 7.20. The van der Waals surface area contributed by atoms with Crippen molar-refractivity contribution in [3.63, 3.8) is 0 Å². The second kappa shape index (κ2) is 15.0. The van der Waals surface area contributed by atoms with Crippen LogP contribution >= 0.6 is 22.4 Å². The first-order valence-corrected chi connectivity index (χ1v) is 16.2. The molecule has 2 unspecified atom stereocenters. The van der Waals surface area contributed by atoms with Gasteiger partial charge in [-0.3, -0.25) is 18.2 Å². The van der Waals surface area contributed by atoms with Crippen molar-refractivity contribution in [3.8, 4) is 5.75 Å². The van der Waals surface area contributed by atoms with E-state index in [4.69, 9.17) is 16.3 Å². The number of carbonyl (C=O) groups excluding carboxylic acids is 1. The van der Waals surface area contributed by atoms with Crippen LogP contribution in [-0.2, 0) is 13.0 Å². The van der Waals surface area contributed by atoms with E-state index in [-0.39, 0.29) is 12.5 Å². The van der Waals surface area contributed by atoms with Gasteiger partial charge in [0.15, 0.2) is 0 Å². The molecule has 1 heterocycles. The SMILES string of the molecule is CCNc1cc(C(=O)NC(Cc2ccc(Cl)cc2)C(O)CNCc2cccc(OC)c2)cc(N2CCCCS2(O)O)c1. The van der Waals surface area contributed by atoms with E-state index >= 15 is 0 Å². The summed E-state index contributed by atoms with van der Waals surface area (Å²) in [5.41, 5.74) is 3.57. The molecule has 11 heteroatoms. The number of aliphatic hydroxyl groups is 1. The highest BCUT2D eigenvalue weighted by atomic mass is 35.5. The first-order valence-electron chi connectivity index (χ1n) is 14.2. The van der Waals surface area contributed by atoms with Gasteiger partial charge in [-0.05, 0) is 79.8 Å². The number of halogens is 1. The summed E-state index contributed by atoms with van der Waals surface area (Å²) in [6.45, 7) is 3.85. The van der Waals surface area contributed by atoms with Crippen LogP contribution in [0.3, 0.4) is 0 Å². The van der Waals surface area contributed by atoms with Crippen LogP contribution in [0.2, 0.25) is 5.02 Å². The molecule has 42 heavy (non-hydrogen) atoms. The first kappa shape index (κ1) is 31.9. The number of ether oxygens (including phenoxy) is 1. The van der Waals surface area contributed by atoms with Crippen LogP contribution in [0.4, 0.5) is 11.4 Å². The number of hydrogen-bond acceptors (Lipinski definition) is 8. The molecule has 0 aromatic heterocycles. The molecule has 0 spiro atoms. The van der Waals surface area contributed by atoms with Gasteiger partial charge in [0.1, 0.15) is 5.75 Å². The molecule has 1 aliphatic heterocycles. The molecule has 9 nitrogen and oxygen atoms in total. The van der Waals surface area contributed by atoms with Gasteiger partial charge in [0, 0.05) is 42.5 Å². The zero-order valence-electron chi connectivity index (χ0n) is 24.1. The van der Waals surface area contributed by atoms with Crippen LogP contribution in [0.25, 0.3) is 0 Å². The Bertz CT molecular complexity index is 1330. The molecule has 0 aliphatic carbocycles. The van der Waals surface area contributed by atoms with Gasteiger partial charge in [-0.15, -0.1) is 10.8 Å². The van der Waals surface area contributed by atoms with E-state index in [2.05, 4.69) is 16.0 Å². The lowest BCUT2D eigenvalue weighted by Crippen LogP contribution is -2.48. The summed E-state index contributed by atoms with van der Waals surface area (Å²) in [4.78, 5) is 13.7. The summed E-state index contributed by atoms with van der Waals surface area (Å²) >= 11 is 6.08. The minimum Gasteiger partial charge on any atom is -0.497 e. The van der Waals surface area contributed by atoms with Gasteiger partial charge >= 0.3 is 0 Å². The molecule has 1 saturated heterocycles. The minimum atomic E-state index is -2.96. The smallest absolute Gasteiger partial charge is 0.251 e. The topological polar surface area (TPSA) is 126 Å². The monoisotopic (exact) mass is 616 g/mol. The van der Waals surface area contributed by atoms with Crippen molar-refractivity contribution in [1.29, 1.82) is 0 Å².